The molecule has 0 saturated carbocycles. The van der Waals surface area contributed by atoms with Gasteiger partial charge < -0.3 is 0 Å². The van der Waals surface area contributed by atoms with Crippen molar-refractivity contribution in [2.75, 3.05) is 20.1 Å². The zero-order valence-electron chi connectivity index (χ0n) is 12.6. The predicted octanol–water partition coefficient (Wildman–Crippen LogP) is 2.47. The van der Waals surface area contributed by atoms with E-state index in [1.807, 2.05) is 12.3 Å². The average molecular weight is 285 g/mol. The Morgan fingerprint density at radius 3 is 2.95 bits per heavy atom. The molecule has 0 radical (unpaired) electrons. The van der Waals surface area contributed by atoms with Crippen LogP contribution in [-0.4, -0.2) is 39.6 Å². The van der Waals surface area contributed by atoms with Crippen LogP contribution in [0.4, 0.5) is 0 Å². The largest absolute Gasteiger partial charge is 0.297 e. The fourth-order valence-corrected chi connectivity index (χ4v) is 3.78. The van der Waals surface area contributed by atoms with E-state index in [4.69, 9.17) is 4.98 Å². The zero-order valence-corrected chi connectivity index (χ0v) is 12.6. The van der Waals surface area contributed by atoms with E-state index in [-0.39, 0.29) is 0 Å². The van der Waals surface area contributed by atoms with Crippen LogP contribution in [0.15, 0.2) is 18.3 Å². The van der Waals surface area contributed by atoms with Gasteiger partial charge in [0.05, 0.1) is 12.2 Å². The van der Waals surface area contributed by atoms with Gasteiger partial charge in [0, 0.05) is 6.20 Å². The lowest BCUT2D eigenvalue weighted by Crippen LogP contribution is -2.34. The average Bonchev–Trinajstić information content (AvgIpc) is 3.11. The molecule has 112 valence electrons. The minimum absolute atomic E-state index is 0.350. The molecular formula is C16H23N5. The molecule has 4 heterocycles. The van der Waals surface area contributed by atoms with Gasteiger partial charge in [0.15, 0.2) is 5.65 Å². The van der Waals surface area contributed by atoms with E-state index in [0.717, 1.165) is 17.7 Å². The van der Waals surface area contributed by atoms with Gasteiger partial charge in [-0.1, -0.05) is 0 Å². The van der Waals surface area contributed by atoms with Crippen LogP contribution in [0.5, 0.6) is 0 Å². The quantitative estimate of drug-likeness (QED) is 0.921. The number of pyridine rings is 1. The van der Waals surface area contributed by atoms with E-state index in [1.165, 1.54) is 44.5 Å². The van der Waals surface area contributed by atoms with Crippen LogP contribution in [0.3, 0.4) is 0 Å². The Morgan fingerprint density at radius 2 is 2.19 bits per heavy atom. The Morgan fingerprint density at radius 1 is 1.24 bits per heavy atom. The van der Waals surface area contributed by atoms with Gasteiger partial charge in [-0.15, -0.1) is 0 Å². The third-order valence-electron chi connectivity index (χ3n) is 4.89. The number of likely N-dealkylation sites (tertiary alicyclic amines) is 1. The summed E-state index contributed by atoms with van der Waals surface area (Å²) in [6.45, 7) is 2.26. The molecule has 1 N–H and O–H groups in total. The number of hydrogen-bond acceptors (Lipinski definition) is 4. The maximum atomic E-state index is 4.94. The Bertz CT molecular complexity index is 629. The van der Waals surface area contributed by atoms with Gasteiger partial charge in [0.1, 0.15) is 11.3 Å². The maximum absolute atomic E-state index is 4.94. The van der Waals surface area contributed by atoms with E-state index in [1.54, 1.807) is 0 Å². The Balaban J connectivity index is 1.84. The van der Waals surface area contributed by atoms with E-state index in [9.17, 15) is 0 Å². The topological polar surface area (TPSA) is 46.0 Å². The fraction of sp³-hybridized carbons (Fsp3) is 0.625. The third-order valence-corrected chi connectivity index (χ3v) is 4.89. The normalized spacial score (nSPS) is 27.5. The minimum Gasteiger partial charge on any atom is -0.297 e. The van der Waals surface area contributed by atoms with E-state index in [2.05, 4.69) is 32.9 Å². The summed E-state index contributed by atoms with van der Waals surface area (Å²) in [6.07, 6.45) is 8.42. The van der Waals surface area contributed by atoms with Crippen molar-refractivity contribution in [2.45, 2.75) is 44.3 Å². The molecular weight excluding hydrogens is 262 g/mol. The first-order valence-corrected chi connectivity index (χ1v) is 8.11. The van der Waals surface area contributed by atoms with Crippen molar-refractivity contribution in [2.24, 2.45) is 0 Å². The van der Waals surface area contributed by atoms with E-state index < -0.39 is 0 Å². The number of fused-ring (bicyclic) bond motifs is 1. The molecule has 4 rings (SSSR count). The van der Waals surface area contributed by atoms with Crippen LogP contribution >= 0.6 is 0 Å². The first-order valence-electron chi connectivity index (χ1n) is 8.11. The molecule has 0 bridgehead atoms. The number of hydrogen-bond donors (Lipinski definition) is 1. The summed E-state index contributed by atoms with van der Waals surface area (Å²) in [6, 6.07) is 4.50. The summed E-state index contributed by atoms with van der Waals surface area (Å²) < 4.78 is 2.38. The number of aromatic nitrogens is 3. The number of nitrogens with one attached hydrogen (secondary N) is 1. The van der Waals surface area contributed by atoms with Crippen molar-refractivity contribution < 1.29 is 0 Å². The summed E-state index contributed by atoms with van der Waals surface area (Å²) in [5, 5.41) is 3.66. The minimum atomic E-state index is 0.350. The van der Waals surface area contributed by atoms with Crippen molar-refractivity contribution in [3.05, 3.63) is 24.2 Å². The van der Waals surface area contributed by atoms with Crippen molar-refractivity contribution in [3.63, 3.8) is 0 Å². The van der Waals surface area contributed by atoms with Crippen LogP contribution in [0, 0.1) is 0 Å². The molecule has 0 aromatic carbocycles. The van der Waals surface area contributed by atoms with Gasteiger partial charge in [-0.2, -0.15) is 0 Å². The third kappa shape index (κ3) is 2.24. The van der Waals surface area contributed by atoms with Gasteiger partial charge in [-0.05, 0) is 64.4 Å². The van der Waals surface area contributed by atoms with Crippen LogP contribution < -0.4 is 5.32 Å². The van der Waals surface area contributed by atoms with Gasteiger partial charge >= 0.3 is 0 Å². The van der Waals surface area contributed by atoms with Crippen LogP contribution in [0.1, 0.15) is 50.1 Å². The molecule has 2 unspecified atom stereocenters. The number of imidazole rings is 1. The summed E-state index contributed by atoms with van der Waals surface area (Å²) >= 11 is 0. The standard InChI is InChI=1S/C16H23N5/c1-20-11-5-7-13(20)16-19-12-6-4-10-18-15(12)21(16)14-8-2-3-9-17-14/h4,6,10,13-14,17H,2-3,5,7-9,11H2,1H3. The van der Waals surface area contributed by atoms with Crippen LogP contribution in [0.25, 0.3) is 11.2 Å². The second-order valence-electron chi connectivity index (χ2n) is 6.29. The Hall–Kier alpha value is -1.46. The summed E-state index contributed by atoms with van der Waals surface area (Å²) in [5.74, 6) is 1.20. The lowest BCUT2D eigenvalue weighted by atomic mass is 10.1. The van der Waals surface area contributed by atoms with Gasteiger partial charge in [-0.25, -0.2) is 9.97 Å². The summed E-state index contributed by atoms with van der Waals surface area (Å²) in [5.41, 5.74) is 2.06. The van der Waals surface area contributed by atoms with E-state index >= 15 is 0 Å². The molecule has 0 aliphatic carbocycles. The van der Waals surface area contributed by atoms with Gasteiger partial charge in [0.25, 0.3) is 0 Å². The molecule has 0 amide bonds. The highest BCUT2D eigenvalue weighted by Crippen LogP contribution is 2.34. The summed E-state index contributed by atoms with van der Waals surface area (Å²) in [7, 11) is 2.21. The lowest BCUT2D eigenvalue weighted by Gasteiger charge is -2.29. The molecule has 2 aliphatic heterocycles. The van der Waals surface area contributed by atoms with E-state index in [0.29, 0.717) is 12.2 Å². The van der Waals surface area contributed by atoms with Crippen molar-refractivity contribution in [1.29, 1.82) is 0 Å². The maximum Gasteiger partial charge on any atom is 0.161 e. The molecule has 2 fully saturated rings. The molecule has 21 heavy (non-hydrogen) atoms. The highest BCUT2D eigenvalue weighted by Gasteiger charge is 2.31. The molecule has 2 saturated heterocycles. The monoisotopic (exact) mass is 285 g/mol. The zero-order chi connectivity index (χ0) is 14.2. The highest BCUT2D eigenvalue weighted by atomic mass is 15.3. The van der Waals surface area contributed by atoms with Gasteiger partial charge in [0.2, 0.25) is 0 Å². The Labute approximate surface area is 125 Å². The number of rotatable bonds is 2. The first kappa shape index (κ1) is 13.2. The molecule has 5 heteroatoms. The molecule has 2 aromatic rings. The van der Waals surface area contributed by atoms with Crippen molar-refractivity contribution >= 4 is 11.2 Å². The predicted molar refractivity (Wildman–Crippen MR) is 83.0 cm³/mol. The molecule has 2 atom stereocenters. The second kappa shape index (κ2) is 5.39. The lowest BCUT2D eigenvalue weighted by molar-refractivity contribution is 0.267. The highest BCUT2D eigenvalue weighted by molar-refractivity contribution is 5.71. The second-order valence-corrected chi connectivity index (χ2v) is 6.29. The van der Waals surface area contributed by atoms with Crippen molar-refractivity contribution in [3.8, 4) is 0 Å². The fourth-order valence-electron chi connectivity index (χ4n) is 3.78. The molecule has 2 aliphatic rings. The molecule has 5 nitrogen and oxygen atoms in total. The van der Waals surface area contributed by atoms with Gasteiger partial charge in [-0.3, -0.25) is 14.8 Å². The SMILES string of the molecule is CN1CCCC1c1nc2cccnc2n1C1CCCCN1. The number of nitrogens with zero attached hydrogens (tertiary/aromatic N) is 4. The smallest absolute Gasteiger partial charge is 0.161 e. The molecule has 0 spiro atoms. The van der Waals surface area contributed by atoms with Crippen molar-refractivity contribution in [1.82, 2.24) is 24.8 Å². The Kier molecular flexibility index (Phi) is 3.39. The first-order chi connectivity index (χ1) is 10.3. The molecule has 2 aromatic heterocycles. The van der Waals surface area contributed by atoms with Crippen LogP contribution in [0.2, 0.25) is 0 Å². The number of piperidine rings is 1. The summed E-state index contributed by atoms with van der Waals surface area (Å²) in [4.78, 5) is 12.0. The van der Waals surface area contributed by atoms with Crippen LogP contribution in [-0.2, 0) is 0 Å².